The van der Waals surface area contributed by atoms with Gasteiger partial charge in [0.1, 0.15) is 0 Å². The van der Waals surface area contributed by atoms with Crippen molar-refractivity contribution < 1.29 is 4.79 Å². The van der Waals surface area contributed by atoms with Crippen LogP contribution in [0.3, 0.4) is 0 Å². The largest absolute Gasteiger partial charge is 0.349 e. The monoisotopic (exact) mass is 314 g/mol. The zero-order chi connectivity index (χ0) is 14.5. The molecule has 1 atom stereocenters. The summed E-state index contributed by atoms with van der Waals surface area (Å²) in [5.74, 6) is 0.858. The second-order valence-corrected chi connectivity index (χ2v) is 5.86. The molecule has 2 N–H and O–H groups in total. The average Bonchev–Trinajstić information content (AvgIpc) is 2.77. The lowest BCUT2D eigenvalue weighted by Crippen LogP contribution is -2.30. The van der Waals surface area contributed by atoms with E-state index in [-0.39, 0.29) is 24.4 Å². The quantitative estimate of drug-likeness (QED) is 0.875. The molecule has 1 aliphatic heterocycles. The van der Waals surface area contributed by atoms with Gasteiger partial charge in [-0.1, -0.05) is 0 Å². The van der Waals surface area contributed by atoms with Gasteiger partial charge in [-0.3, -0.25) is 9.48 Å². The van der Waals surface area contributed by atoms with Crippen LogP contribution in [0.2, 0.25) is 0 Å². The van der Waals surface area contributed by atoms with Gasteiger partial charge < -0.3 is 10.6 Å². The van der Waals surface area contributed by atoms with E-state index in [1.54, 1.807) is 4.68 Å². The van der Waals surface area contributed by atoms with Crippen molar-refractivity contribution in [3.8, 4) is 0 Å². The number of piperidine rings is 1. The minimum atomic E-state index is 0. The predicted octanol–water partition coefficient (Wildman–Crippen LogP) is 2.11. The first-order valence-electron chi connectivity index (χ1n) is 7.56. The molecule has 0 saturated carbocycles. The third kappa shape index (κ3) is 5.32. The maximum absolute atomic E-state index is 12.0. The van der Waals surface area contributed by atoms with Gasteiger partial charge in [0.25, 0.3) is 0 Å². The van der Waals surface area contributed by atoms with Crippen LogP contribution in [0.25, 0.3) is 0 Å². The Kier molecular flexibility index (Phi) is 7.18. The summed E-state index contributed by atoms with van der Waals surface area (Å²) in [6.45, 7) is 6.19. The van der Waals surface area contributed by atoms with Crippen LogP contribution in [0, 0.1) is 12.8 Å². The number of aromatic nitrogens is 2. The fourth-order valence-electron chi connectivity index (χ4n) is 2.94. The van der Waals surface area contributed by atoms with E-state index >= 15 is 0 Å². The number of rotatable bonds is 5. The van der Waals surface area contributed by atoms with E-state index < -0.39 is 0 Å². The minimum Gasteiger partial charge on any atom is -0.349 e. The minimum absolute atomic E-state index is 0. The summed E-state index contributed by atoms with van der Waals surface area (Å²) in [5.41, 5.74) is 2.08. The Labute approximate surface area is 133 Å². The number of hydrogen-bond donors (Lipinski definition) is 2. The van der Waals surface area contributed by atoms with Crippen molar-refractivity contribution in [3.05, 3.63) is 17.5 Å². The van der Waals surface area contributed by atoms with Crippen LogP contribution in [0.15, 0.2) is 6.20 Å². The van der Waals surface area contributed by atoms with Crippen molar-refractivity contribution in [2.75, 3.05) is 13.1 Å². The van der Waals surface area contributed by atoms with E-state index in [0.29, 0.717) is 12.3 Å². The van der Waals surface area contributed by atoms with Crippen LogP contribution in [-0.4, -0.2) is 28.8 Å². The number of amides is 1. The molecule has 0 spiro atoms. The lowest BCUT2D eigenvalue weighted by molar-refractivity contribution is -0.122. The van der Waals surface area contributed by atoms with Crippen molar-refractivity contribution in [2.45, 2.75) is 45.6 Å². The number of halogens is 1. The third-order valence-corrected chi connectivity index (χ3v) is 4.13. The normalized spacial score (nSPS) is 17.1. The van der Waals surface area contributed by atoms with Crippen LogP contribution in [-0.2, 0) is 11.8 Å². The lowest BCUT2D eigenvalue weighted by atomic mass is 9.93. The van der Waals surface area contributed by atoms with Crippen molar-refractivity contribution in [1.82, 2.24) is 20.4 Å². The molecule has 0 aromatic carbocycles. The molecule has 5 nitrogen and oxygen atoms in total. The van der Waals surface area contributed by atoms with Crippen molar-refractivity contribution >= 4 is 18.3 Å². The van der Waals surface area contributed by atoms with Gasteiger partial charge in [0.05, 0.1) is 11.7 Å². The molecule has 6 heteroatoms. The van der Waals surface area contributed by atoms with Gasteiger partial charge >= 0.3 is 0 Å². The van der Waals surface area contributed by atoms with Crippen LogP contribution >= 0.6 is 12.4 Å². The highest BCUT2D eigenvalue weighted by atomic mass is 35.5. The van der Waals surface area contributed by atoms with Gasteiger partial charge in [-0.25, -0.2) is 0 Å². The van der Waals surface area contributed by atoms with Gasteiger partial charge in [0.15, 0.2) is 0 Å². The van der Waals surface area contributed by atoms with Crippen molar-refractivity contribution in [1.29, 1.82) is 0 Å². The molecule has 2 heterocycles. The maximum atomic E-state index is 12.0. The van der Waals surface area contributed by atoms with Crippen LogP contribution in [0.5, 0.6) is 0 Å². The van der Waals surface area contributed by atoms with Crippen LogP contribution in [0.1, 0.15) is 49.9 Å². The summed E-state index contributed by atoms with van der Waals surface area (Å²) in [6.07, 6.45) is 6.02. The second kappa shape index (κ2) is 8.39. The van der Waals surface area contributed by atoms with E-state index in [1.807, 2.05) is 27.1 Å². The average molecular weight is 315 g/mol. The summed E-state index contributed by atoms with van der Waals surface area (Å²) in [7, 11) is 1.90. The smallest absolute Gasteiger partial charge is 0.220 e. The molecule has 1 aromatic heterocycles. The molecule has 120 valence electrons. The fraction of sp³-hybridized carbons (Fsp3) is 0.733. The molecule has 2 rings (SSSR count). The van der Waals surface area contributed by atoms with Gasteiger partial charge in [-0.05, 0) is 52.1 Å². The first-order chi connectivity index (χ1) is 9.56. The lowest BCUT2D eigenvalue weighted by Gasteiger charge is -2.22. The van der Waals surface area contributed by atoms with Gasteiger partial charge in [0, 0.05) is 25.2 Å². The number of carbonyl (C=O) groups is 1. The molecular formula is C15H27ClN4O. The van der Waals surface area contributed by atoms with E-state index in [1.165, 1.54) is 12.8 Å². The summed E-state index contributed by atoms with van der Waals surface area (Å²) >= 11 is 0. The number of hydrogen-bond acceptors (Lipinski definition) is 3. The molecule has 1 amide bonds. The number of aryl methyl sites for hydroxylation is 2. The Balaban J connectivity index is 0.00000220. The summed E-state index contributed by atoms with van der Waals surface area (Å²) in [6, 6.07) is 0.0317. The van der Waals surface area contributed by atoms with Crippen molar-refractivity contribution in [2.24, 2.45) is 13.0 Å². The van der Waals surface area contributed by atoms with Crippen LogP contribution < -0.4 is 10.6 Å². The summed E-state index contributed by atoms with van der Waals surface area (Å²) in [4.78, 5) is 12.0. The van der Waals surface area contributed by atoms with Gasteiger partial charge in [0.2, 0.25) is 5.91 Å². The standard InChI is InChI=1S/C15H26N4O.ClH/c1-11(14-10-19(3)18-12(14)2)17-15(20)5-4-13-6-8-16-9-7-13;/h10-11,13,16H,4-9H2,1-3H3,(H,17,20);1H. The van der Waals surface area contributed by atoms with E-state index in [9.17, 15) is 4.79 Å². The molecule has 1 aromatic rings. The van der Waals surface area contributed by atoms with Gasteiger partial charge in [-0.15, -0.1) is 12.4 Å². The fourth-order valence-corrected chi connectivity index (χ4v) is 2.94. The molecule has 0 bridgehead atoms. The first-order valence-corrected chi connectivity index (χ1v) is 7.56. The molecular weight excluding hydrogens is 288 g/mol. The first kappa shape index (κ1) is 18.0. The summed E-state index contributed by atoms with van der Waals surface area (Å²) in [5, 5.41) is 10.8. The highest BCUT2D eigenvalue weighted by molar-refractivity contribution is 5.85. The molecule has 0 radical (unpaired) electrons. The number of nitrogens with zero attached hydrogens (tertiary/aromatic N) is 2. The maximum Gasteiger partial charge on any atom is 0.220 e. The Morgan fingerprint density at radius 3 is 2.76 bits per heavy atom. The highest BCUT2D eigenvalue weighted by Crippen LogP contribution is 2.19. The van der Waals surface area contributed by atoms with Crippen molar-refractivity contribution in [3.63, 3.8) is 0 Å². The number of carbonyl (C=O) groups excluding carboxylic acids is 1. The topological polar surface area (TPSA) is 59.0 Å². The zero-order valence-corrected chi connectivity index (χ0v) is 14.0. The Hall–Kier alpha value is -1.07. The molecule has 21 heavy (non-hydrogen) atoms. The molecule has 0 aliphatic carbocycles. The highest BCUT2D eigenvalue weighted by Gasteiger charge is 2.17. The third-order valence-electron chi connectivity index (χ3n) is 4.13. The summed E-state index contributed by atoms with van der Waals surface area (Å²) < 4.78 is 1.79. The zero-order valence-electron chi connectivity index (χ0n) is 13.2. The van der Waals surface area contributed by atoms with E-state index in [2.05, 4.69) is 15.7 Å². The second-order valence-electron chi connectivity index (χ2n) is 5.86. The SMILES string of the molecule is Cc1nn(C)cc1C(C)NC(=O)CCC1CCNCC1.Cl. The molecule has 1 unspecified atom stereocenters. The Morgan fingerprint density at radius 1 is 1.52 bits per heavy atom. The molecule has 1 aliphatic rings. The number of nitrogens with one attached hydrogen (secondary N) is 2. The van der Waals surface area contributed by atoms with E-state index in [4.69, 9.17) is 0 Å². The van der Waals surface area contributed by atoms with Gasteiger partial charge in [-0.2, -0.15) is 5.10 Å². The molecule has 1 fully saturated rings. The predicted molar refractivity (Wildman–Crippen MR) is 86.6 cm³/mol. The Morgan fingerprint density at radius 2 is 2.19 bits per heavy atom. The Bertz CT molecular complexity index is 455. The van der Waals surface area contributed by atoms with Crippen LogP contribution in [0.4, 0.5) is 0 Å². The van der Waals surface area contributed by atoms with E-state index in [0.717, 1.165) is 30.8 Å². The molecule has 1 saturated heterocycles.